The van der Waals surface area contributed by atoms with Crippen molar-refractivity contribution in [1.29, 1.82) is 0 Å². The molecule has 0 unspecified atom stereocenters. The number of aliphatic carboxylic acids is 1. The average Bonchev–Trinajstić information content (AvgIpc) is 2.87. The van der Waals surface area contributed by atoms with E-state index in [0.29, 0.717) is 0 Å². The zero-order chi connectivity index (χ0) is 16.4. The van der Waals surface area contributed by atoms with Crippen LogP contribution in [0.25, 0.3) is 11.1 Å². The lowest BCUT2D eigenvalue weighted by molar-refractivity contribution is -0.151. The van der Waals surface area contributed by atoms with E-state index in [1.807, 2.05) is 36.4 Å². The second kappa shape index (κ2) is 6.24. The van der Waals surface area contributed by atoms with Crippen molar-refractivity contribution in [3.8, 4) is 11.1 Å². The number of rotatable bonds is 5. The first-order valence-corrected chi connectivity index (χ1v) is 7.64. The zero-order valence-corrected chi connectivity index (χ0v) is 12.9. The van der Waals surface area contributed by atoms with Crippen LogP contribution in [-0.2, 0) is 14.3 Å². The first kappa shape index (κ1) is 15.3. The molecule has 2 aromatic rings. The molecular weight excluding hydrogens is 292 g/mol. The Hall–Kier alpha value is -2.62. The number of fused-ring (bicyclic) bond motifs is 3. The third-order valence-electron chi connectivity index (χ3n) is 4.27. The minimum Gasteiger partial charge on any atom is -0.481 e. The molecule has 0 heterocycles. The van der Waals surface area contributed by atoms with E-state index in [1.54, 1.807) is 0 Å². The summed E-state index contributed by atoms with van der Waals surface area (Å²) in [5.74, 6) is -2.18. The second-order valence-corrected chi connectivity index (χ2v) is 5.85. The monoisotopic (exact) mass is 310 g/mol. The van der Waals surface area contributed by atoms with Gasteiger partial charge in [-0.2, -0.15) is 0 Å². The van der Waals surface area contributed by atoms with Crippen LogP contribution in [0.3, 0.4) is 0 Å². The number of carboxylic acid groups (broad SMARTS) is 1. The standard InChI is InChI=1S/C19H18O4/c1-12(19(21)22)10-18(20)23-11-17-15-8-4-2-6-13(15)14-7-3-5-9-16(14)17/h2-9,12,17H,10-11H2,1H3,(H,21,22)/t12-/m0/s1. The van der Waals surface area contributed by atoms with Crippen molar-refractivity contribution in [1.82, 2.24) is 0 Å². The number of carbonyl (C=O) groups is 2. The molecule has 1 N–H and O–H groups in total. The molecule has 0 aromatic heterocycles. The van der Waals surface area contributed by atoms with Gasteiger partial charge in [0.1, 0.15) is 6.61 Å². The normalized spacial score (nSPS) is 14.0. The van der Waals surface area contributed by atoms with Gasteiger partial charge >= 0.3 is 11.9 Å². The van der Waals surface area contributed by atoms with Gasteiger partial charge in [-0.1, -0.05) is 55.5 Å². The van der Waals surface area contributed by atoms with Crippen LogP contribution in [0.2, 0.25) is 0 Å². The van der Waals surface area contributed by atoms with E-state index >= 15 is 0 Å². The van der Waals surface area contributed by atoms with Crippen LogP contribution in [0.5, 0.6) is 0 Å². The minimum atomic E-state index is -0.987. The van der Waals surface area contributed by atoms with Crippen LogP contribution in [0.1, 0.15) is 30.4 Å². The van der Waals surface area contributed by atoms with Gasteiger partial charge < -0.3 is 9.84 Å². The Bertz CT molecular complexity index is 705. The third kappa shape index (κ3) is 2.97. The lowest BCUT2D eigenvalue weighted by Crippen LogP contribution is -2.18. The Morgan fingerprint density at radius 2 is 1.57 bits per heavy atom. The second-order valence-electron chi connectivity index (χ2n) is 5.85. The molecule has 118 valence electrons. The maximum atomic E-state index is 11.9. The molecule has 1 aliphatic rings. The van der Waals surface area contributed by atoms with Crippen molar-refractivity contribution in [2.75, 3.05) is 6.61 Å². The predicted molar refractivity (Wildman–Crippen MR) is 86.1 cm³/mol. The molecule has 2 aromatic carbocycles. The van der Waals surface area contributed by atoms with Gasteiger partial charge in [0, 0.05) is 5.92 Å². The number of hydrogen-bond acceptors (Lipinski definition) is 3. The average molecular weight is 310 g/mol. The maximum Gasteiger partial charge on any atom is 0.306 e. The largest absolute Gasteiger partial charge is 0.481 e. The fraction of sp³-hybridized carbons (Fsp3) is 0.263. The minimum absolute atomic E-state index is 0.00600. The van der Waals surface area contributed by atoms with Crippen molar-refractivity contribution in [2.24, 2.45) is 5.92 Å². The Morgan fingerprint density at radius 3 is 2.09 bits per heavy atom. The summed E-state index contributed by atoms with van der Waals surface area (Å²) in [6.07, 6.45) is -0.106. The Balaban J connectivity index is 1.76. The molecular formula is C19H18O4. The SMILES string of the molecule is C[C@@H](CC(=O)OCC1c2ccccc2-c2ccccc21)C(=O)O. The number of benzene rings is 2. The van der Waals surface area contributed by atoms with Gasteiger partial charge in [0.2, 0.25) is 0 Å². The molecule has 0 amide bonds. The van der Waals surface area contributed by atoms with Crippen molar-refractivity contribution in [3.63, 3.8) is 0 Å². The molecule has 0 aliphatic heterocycles. The van der Waals surface area contributed by atoms with Crippen LogP contribution < -0.4 is 0 Å². The highest BCUT2D eigenvalue weighted by Gasteiger charge is 2.29. The molecule has 4 heteroatoms. The molecule has 0 saturated carbocycles. The lowest BCUT2D eigenvalue weighted by atomic mass is 9.98. The highest BCUT2D eigenvalue weighted by atomic mass is 16.5. The Kier molecular flexibility index (Phi) is 4.15. The van der Waals surface area contributed by atoms with Gasteiger partial charge in [-0.25, -0.2) is 0 Å². The number of ether oxygens (including phenoxy) is 1. The molecule has 3 rings (SSSR count). The summed E-state index contributed by atoms with van der Waals surface area (Å²) in [6, 6.07) is 16.2. The van der Waals surface area contributed by atoms with E-state index in [-0.39, 0.29) is 18.9 Å². The fourth-order valence-electron chi connectivity index (χ4n) is 3.01. The first-order chi connectivity index (χ1) is 11.1. The van der Waals surface area contributed by atoms with Gasteiger partial charge in [0.25, 0.3) is 0 Å². The molecule has 0 bridgehead atoms. The van der Waals surface area contributed by atoms with Crippen LogP contribution in [0, 0.1) is 5.92 Å². The van der Waals surface area contributed by atoms with E-state index in [2.05, 4.69) is 12.1 Å². The summed E-state index contributed by atoms with van der Waals surface area (Å²) >= 11 is 0. The summed E-state index contributed by atoms with van der Waals surface area (Å²) in [5, 5.41) is 8.86. The van der Waals surface area contributed by atoms with E-state index < -0.39 is 17.9 Å². The molecule has 4 nitrogen and oxygen atoms in total. The Morgan fingerprint density at radius 1 is 1.04 bits per heavy atom. The lowest BCUT2D eigenvalue weighted by Gasteiger charge is -2.14. The molecule has 23 heavy (non-hydrogen) atoms. The number of hydrogen-bond donors (Lipinski definition) is 1. The van der Waals surface area contributed by atoms with Crippen LogP contribution in [0.15, 0.2) is 48.5 Å². The predicted octanol–water partition coefficient (Wildman–Crippen LogP) is 3.45. The van der Waals surface area contributed by atoms with Gasteiger partial charge in [-0.05, 0) is 22.3 Å². The summed E-state index contributed by atoms with van der Waals surface area (Å²) in [5.41, 5.74) is 4.63. The molecule has 1 aliphatic carbocycles. The molecule has 1 atom stereocenters. The molecule has 0 fully saturated rings. The molecule has 0 saturated heterocycles. The summed E-state index contributed by atoms with van der Waals surface area (Å²) < 4.78 is 5.36. The van der Waals surface area contributed by atoms with E-state index in [9.17, 15) is 9.59 Å². The first-order valence-electron chi connectivity index (χ1n) is 7.64. The number of esters is 1. The zero-order valence-electron chi connectivity index (χ0n) is 12.9. The quantitative estimate of drug-likeness (QED) is 0.859. The van der Waals surface area contributed by atoms with Crippen LogP contribution >= 0.6 is 0 Å². The highest BCUT2D eigenvalue weighted by Crippen LogP contribution is 2.44. The van der Waals surface area contributed by atoms with Crippen molar-refractivity contribution in [2.45, 2.75) is 19.3 Å². The summed E-state index contributed by atoms with van der Waals surface area (Å²) in [6.45, 7) is 1.74. The Labute approximate surface area is 134 Å². The van der Waals surface area contributed by atoms with E-state index in [4.69, 9.17) is 9.84 Å². The number of carboxylic acids is 1. The van der Waals surface area contributed by atoms with Gasteiger partial charge in [-0.3, -0.25) is 9.59 Å². The smallest absolute Gasteiger partial charge is 0.306 e. The van der Waals surface area contributed by atoms with Crippen molar-refractivity contribution in [3.05, 3.63) is 59.7 Å². The van der Waals surface area contributed by atoms with Crippen LogP contribution in [0.4, 0.5) is 0 Å². The molecule has 0 spiro atoms. The fourth-order valence-corrected chi connectivity index (χ4v) is 3.01. The van der Waals surface area contributed by atoms with Crippen molar-refractivity contribution >= 4 is 11.9 Å². The summed E-state index contributed by atoms with van der Waals surface area (Å²) in [4.78, 5) is 22.7. The van der Waals surface area contributed by atoms with Gasteiger partial charge in [0.05, 0.1) is 12.3 Å². The number of carbonyl (C=O) groups excluding carboxylic acids is 1. The van der Waals surface area contributed by atoms with E-state index in [1.165, 1.54) is 18.1 Å². The highest BCUT2D eigenvalue weighted by molar-refractivity contribution is 5.80. The van der Waals surface area contributed by atoms with Gasteiger partial charge in [-0.15, -0.1) is 0 Å². The van der Waals surface area contributed by atoms with Crippen LogP contribution in [-0.4, -0.2) is 23.7 Å². The van der Waals surface area contributed by atoms with Gasteiger partial charge in [0.15, 0.2) is 0 Å². The third-order valence-corrected chi connectivity index (χ3v) is 4.27. The van der Waals surface area contributed by atoms with E-state index in [0.717, 1.165) is 11.1 Å². The maximum absolute atomic E-state index is 11.9. The molecule has 0 radical (unpaired) electrons. The summed E-state index contributed by atoms with van der Waals surface area (Å²) in [7, 11) is 0. The van der Waals surface area contributed by atoms with Crippen molar-refractivity contribution < 1.29 is 19.4 Å². The topological polar surface area (TPSA) is 63.6 Å².